The van der Waals surface area contributed by atoms with Gasteiger partial charge in [0.05, 0.1) is 18.5 Å². The number of para-hydroxylation sites is 1. The van der Waals surface area contributed by atoms with Gasteiger partial charge in [0.25, 0.3) is 5.91 Å². The number of nitrogens with zero attached hydrogens (tertiary/aromatic N) is 2. The third-order valence-electron chi connectivity index (χ3n) is 4.13. The topological polar surface area (TPSA) is 64.1 Å². The third kappa shape index (κ3) is 3.67. The van der Waals surface area contributed by atoms with Gasteiger partial charge in [-0.3, -0.25) is 10.1 Å². The minimum atomic E-state index is -0.196. The number of carbonyl (C=O) groups is 1. The van der Waals surface area contributed by atoms with Crippen molar-refractivity contribution in [3.8, 4) is 27.6 Å². The number of methoxy groups -OCH3 is 1. The number of carbonyl (C=O) groups excluding carboxylic acids is 1. The lowest BCUT2D eigenvalue weighted by Crippen LogP contribution is -2.11. The van der Waals surface area contributed by atoms with Crippen LogP contribution in [0.4, 0.5) is 5.13 Å². The lowest BCUT2D eigenvalue weighted by atomic mass is 10.1. The third-order valence-corrected chi connectivity index (χ3v) is 6.09. The van der Waals surface area contributed by atoms with E-state index < -0.39 is 0 Å². The Kier molecular flexibility index (Phi) is 5.18. The summed E-state index contributed by atoms with van der Waals surface area (Å²) in [5.74, 6) is 0.551. The van der Waals surface area contributed by atoms with Gasteiger partial charge in [0.15, 0.2) is 5.13 Å². The van der Waals surface area contributed by atoms with E-state index >= 15 is 0 Å². The molecule has 0 fully saturated rings. The average Bonchev–Trinajstić information content (AvgIpc) is 3.35. The summed E-state index contributed by atoms with van der Waals surface area (Å²) in [4.78, 5) is 22.4. The molecule has 0 aliphatic carbocycles. The van der Waals surface area contributed by atoms with E-state index in [1.807, 2.05) is 66.9 Å². The summed E-state index contributed by atoms with van der Waals surface area (Å²) in [6.45, 7) is 1.85. The van der Waals surface area contributed by atoms with Crippen molar-refractivity contribution in [1.82, 2.24) is 9.97 Å². The first-order chi connectivity index (χ1) is 13.7. The van der Waals surface area contributed by atoms with E-state index in [2.05, 4.69) is 15.3 Å². The molecule has 0 radical (unpaired) electrons. The van der Waals surface area contributed by atoms with Crippen LogP contribution in [0.5, 0.6) is 5.75 Å². The molecule has 5 nitrogen and oxygen atoms in total. The van der Waals surface area contributed by atoms with Crippen LogP contribution in [0.1, 0.15) is 15.4 Å². The zero-order valence-electron chi connectivity index (χ0n) is 15.3. The fraction of sp³-hybridized carbons (Fsp3) is 0.0952. The number of aryl methyl sites for hydroxylation is 1. The van der Waals surface area contributed by atoms with Crippen molar-refractivity contribution in [3.05, 3.63) is 70.5 Å². The highest BCUT2D eigenvalue weighted by Gasteiger charge is 2.18. The molecule has 0 saturated carbocycles. The van der Waals surface area contributed by atoms with E-state index in [9.17, 15) is 4.79 Å². The van der Waals surface area contributed by atoms with Gasteiger partial charge in [-0.1, -0.05) is 42.5 Å². The van der Waals surface area contributed by atoms with Crippen molar-refractivity contribution >= 4 is 33.7 Å². The maximum Gasteiger partial charge on any atom is 0.269 e. The summed E-state index contributed by atoms with van der Waals surface area (Å²) in [5.41, 5.74) is 3.37. The molecular weight excluding hydrogens is 390 g/mol. The Bertz CT molecular complexity index is 1120. The second-order valence-corrected chi connectivity index (χ2v) is 7.85. The molecule has 0 bridgehead atoms. The molecule has 4 rings (SSSR count). The molecule has 2 heterocycles. The lowest BCUT2D eigenvalue weighted by Gasteiger charge is -2.05. The Morgan fingerprint density at radius 1 is 1.04 bits per heavy atom. The molecule has 1 amide bonds. The Labute approximate surface area is 170 Å². The summed E-state index contributed by atoms with van der Waals surface area (Å²) in [6, 6.07) is 17.5. The SMILES string of the molecule is COc1ccccc1-c1csc(NC(=O)c2sc(-c3ccccc3)nc2C)n1. The molecule has 0 atom stereocenters. The average molecular weight is 408 g/mol. The molecular formula is C21H17N3O2S2. The fourth-order valence-electron chi connectivity index (χ4n) is 2.78. The van der Waals surface area contributed by atoms with Gasteiger partial charge in [0, 0.05) is 16.5 Å². The Hall–Kier alpha value is -3.03. The van der Waals surface area contributed by atoms with Crippen LogP contribution in [-0.2, 0) is 0 Å². The highest BCUT2D eigenvalue weighted by atomic mass is 32.1. The quantitative estimate of drug-likeness (QED) is 0.474. The van der Waals surface area contributed by atoms with E-state index in [0.29, 0.717) is 15.7 Å². The van der Waals surface area contributed by atoms with Crippen LogP contribution in [0.3, 0.4) is 0 Å². The molecule has 0 aliphatic rings. The highest BCUT2D eigenvalue weighted by Crippen LogP contribution is 2.33. The Balaban J connectivity index is 1.55. The first kappa shape index (κ1) is 18.3. The predicted molar refractivity (Wildman–Crippen MR) is 114 cm³/mol. The zero-order chi connectivity index (χ0) is 19.5. The number of rotatable bonds is 5. The second kappa shape index (κ2) is 7.92. The van der Waals surface area contributed by atoms with Crippen LogP contribution < -0.4 is 10.1 Å². The number of hydrogen-bond donors (Lipinski definition) is 1. The van der Waals surface area contributed by atoms with Gasteiger partial charge in [0.2, 0.25) is 0 Å². The van der Waals surface area contributed by atoms with Gasteiger partial charge in [-0.15, -0.1) is 22.7 Å². The monoisotopic (exact) mass is 407 g/mol. The van der Waals surface area contributed by atoms with Crippen molar-refractivity contribution in [2.45, 2.75) is 6.92 Å². The summed E-state index contributed by atoms with van der Waals surface area (Å²) in [7, 11) is 1.63. The van der Waals surface area contributed by atoms with Crippen LogP contribution in [0.2, 0.25) is 0 Å². The van der Waals surface area contributed by atoms with Gasteiger partial charge in [-0.05, 0) is 19.1 Å². The van der Waals surface area contributed by atoms with Gasteiger partial charge in [-0.2, -0.15) is 0 Å². The summed E-state index contributed by atoms with van der Waals surface area (Å²) in [6.07, 6.45) is 0. The standard InChI is InChI=1S/C21H17N3O2S2/c1-13-18(28-20(22-13)14-8-4-3-5-9-14)19(25)24-21-23-16(12-27-21)15-10-6-7-11-17(15)26-2/h3-12H,1-2H3,(H,23,24,25). The molecule has 2 aromatic carbocycles. The van der Waals surface area contributed by atoms with Crippen molar-refractivity contribution < 1.29 is 9.53 Å². The van der Waals surface area contributed by atoms with Gasteiger partial charge >= 0.3 is 0 Å². The van der Waals surface area contributed by atoms with Crippen LogP contribution in [-0.4, -0.2) is 23.0 Å². The Morgan fingerprint density at radius 2 is 1.79 bits per heavy atom. The van der Waals surface area contributed by atoms with E-state index in [0.717, 1.165) is 27.6 Å². The fourth-order valence-corrected chi connectivity index (χ4v) is 4.45. The smallest absolute Gasteiger partial charge is 0.269 e. The molecule has 0 spiro atoms. The number of hydrogen-bond acceptors (Lipinski definition) is 6. The molecule has 7 heteroatoms. The molecule has 2 aromatic heterocycles. The van der Waals surface area contributed by atoms with Crippen LogP contribution in [0.25, 0.3) is 21.8 Å². The Morgan fingerprint density at radius 3 is 2.57 bits per heavy atom. The number of anilines is 1. The maximum absolute atomic E-state index is 12.7. The normalized spacial score (nSPS) is 10.6. The number of benzene rings is 2. The largest absolute Gasteiger partial charge is 0.496 e. The van der Waals surface area contributed by atoms with E-state index in [1.165, 1.54) is 22.7 Å². The van der Waals surface area contributed by atoms with Crippen LogP contribution >= 0.6 is 22.7 Å². The number of amides is 1. The summed E-state index contributed by atoms with van der Waals surface area (Å²) in [5, 5.41) is 6.17. The van der Waals surface area contributed by atoms with E-state index in [-0.39, 0.29) is 5.91 Å². The number of nitrogens with one attached hydrogen (secondary N) is 1. The number of thiazole rings is 2. The molecule has 1 N–H and O–H groups in total. The van der Waals surface area contributed by atoms with E-state index in [4.69, 9.17) is 4.74 Å². The van der Waals surface area contributed by atoms with Crippen molar-refractivity contribution in [2.75, 3.05) is 12.4 Å². The number of aromatic nitrogens is 2. The second-order valence-electron chi connectivity index (χ2n) is 5.99. The first-order valence-corrected chi connectivity index (χ1v) is 10.3. The van der Waals surface area contributed by atoms with Gasteiger partial charge in [0.1, 0.15) is 15.6 Å². The summed E-state index contributed by atoms with van der Waals surface area (Å²) >= 11 is 2.76. The molecule has 0 unspecified atom stereocenters. The number of ether oxygens (including phenoxy) is 1. The molecule has 28 heavy (non-hydrogen) atoms. The summed E-state index contributed by atoms with van der Waals surface area (Å²) < 4.78 is 5.39. The molecule has 4 aromatic rings. The van der Waals surface area contributed by atoms with Crippen molar-refractivity contribution in [2.24, 2.45) is 0 Å². The molecule has 140 valence electrons. The minimum Gasteiger partial charge on any atom is -0.496 e. The van der Waals surface area contributed by atoms with Gasteiger partial charge < -0.3 is 4.74 Å². The predicted octanol–water partition coefficient (Wildman–Crippen LogP) is 5.50. The first-order valence-electron chi connectivity index (χ1n) is 8.59. The van der Waals surface area contributed by atoms with Crippen molar-refractivity contribution in [3.63, 3.8) is 0 Å². The minimum absolute atomic E-state index is 0.196. The van der Waals surface area contributed by atoms with Gasteiger partial charge in [-0.25, -0.2) is 9.97 Å². The maximum atomic E-state index is 12.7. The lowest BCUT2D eigenvalue weighted by molar-refractivity contribution is 0.103. The van der Waals surface area contributed by atoms with Crippen molar-refractivity contribution in [1.29, 1.82) is 0 Å². The van der Waals surface area contributed by atoms with Crippen LogP contribution in [0, 0.1) is 6.92 Å². The van der Waals surface area contributed by atoms with E-state index in [1.54, 1.807) is 7.11 Å². The molecule has 0 aliphatic heterocycles. The zero-order valence-corrected chi connectivity index (χ0v) is 16.9. The van der Waals surface area contributed by atoms with Crippen LogP contribution in [0.15, 0.2) is 60.0 Å². The highest BCUT2D eigenvalue weighted by molar-refractivity contribution is 7.17. The molecule has 0 saturated heterocycles.